The van der Waals surface area contributed by atoms with E-state index >= 15 is 0 Å². The van der Waals surface area contributed by atoms with Gasteiger partial charge in [0.1, 0.15) is 0 Å². The SMILES string of the molecule is Cc1cc(N2C[C@@H](C(=O)O)O[C@@H]2C(F)(F)F)ccc1[N+](=O)[O-]. The highest BCUT2D eigenvalue weighted by Crippen LogP contribution is 2.36. The average molecular weight is 320 g/mol. The van der Waals surface area contributed by atoms with Crippen LogP contribution in [0.5, 0.6) is 0 Å². The topological polar surface area (TPSA) is 92.9 Å². The molecule has 0 spiro atoms. The third kappa shape index (κ3) is 2.96. The van der Waals surface area contributed by atoms with Crippen LogP contribution in [0.3, 0.4) is 0 Å². The molecule has 0 unspecified atom stereocenters. The summed E-state index contributed by atoms with van der Waals surface area (Å²) in [5.41, 5.74) is -0.0569. The molecule has 10 heteroatoms. The van der Waals surface area contributed by atoms with Gasteiger partial charge >= 0.3 is 12.1 Å². The first-order chi connectivity index (χ1) is 10.1. The summed E-state index contributed by atoms with van der Waals surface area (Å²) in [4.78, 5) is 21.7. The first-order valence-electron chi connectivity index (χ1n) is 6.08. The van der Waals surface area contributed by atoms with Gasteiger partial charge in [-0.25, -0.2) is 4.79 Å². The van der Waals surface area contributed by atoms with Gasteiger partial charge in [-0.1, -0.05) is 0 Å². The number of hydrogen-bond donors (Lipinski definition) is 1. The van der Waals surface area contributed by atoms with Crippen molar-refractivity contribution >= 4 is 17.3 Å². The second kappa shape index (κ2) is 5.44. The van der Waals surface area contributed by atoms with Gasteiger partial charge in [-0.15, -0.1) is 0 Å². The molecule has 0 bridgehead atoms. The molecule has 0 aliphatic carbocycles. The molecule has 1 saturated heterocycles. The standard InChI is InChI=1S/C12H11F3N2O5/c1-6-4-7(2-3-8(6)17(20)21)16-5-9(10(18)19)22-11(16)12(13,14)15/h2-4,9,11H,5H2,1H3,(H,18,19)/t9-,11+/m0/s1. The summed E-state index contributed by atoms with van der Waals surface area (Å²) >= 11 is 0. The maximum Gasteiger partial charge on any atom is 0.433 e. The largest absolute Gasteiger partial charge is 0.479 e. The molecular formula is C12H11F3N2O5. The van der Waals surface area contributed by atoms with Crippen molar-refractivity contribution in [3.8, 4) is 0 Å². The second-order valence-electron chi connectivity index (χ2n) is 4.74. The van der Waals surface area contributed by atoms with Gasteiger partial charge in [-0.3, -0.25) is 10.1 Å². The van der Waals surface area contributed by atoms with Gasteiger partial charge in [-0.2, -0.15) is 13.2 Å². The smallest absolute Gasteiger partial charge is 0.433 e. The van der Waals surface area contributed by atoms with Crippen LogP contribution in [0.2, 0.25) is 0 Å². The Balaban J connectivity index is 2.38. The molecule has 1 aliphatic rings. The number of anilines is 1. The Morgan fingerprint density at radius 1 is 1.50 bits per heavy atom. The van der Waals surface area contributed by atoms with Crippen molar-refractivity contribution in [2.75, 3.05) is 11.4 Å². The number of aryl methyl sites for hydroxylation is 1. The van der Waals surface area contributed by atoms with Crippen LogP contribution in [0.25, 0.3) is 0 Å². The highest BCUT2D eigenvalue weighted by molar-refractivity contribution is 5.74. The van der Waals surface area contributed by atoms with E-state index in [0.29, 0.717) is 0 Å². The van der Waals surface area contributed by atoms with Crippen LogP contribution in [0.1, 0.15) is 5.56 Å². The monoisotopic (exact) mass is 320 g/mol. The lowest BCUT2D eigenvalue weighted by Gasteiger charge is -2.26. The van der Waals surface area contributed by atoms with Crippen molar-refractivity contribution in [1.82, 2.24) is 0 Å². The first kappa shape index (κ1) is 16.0. The molecule has 1 heterocycles. The summed E-state index contributed by atoms with van der Waals surface area (Å²) in [7, 11) is 0. The van der Waals surface area contributed by atoms with Gasteiger partial charge in [0.25, 0.3) is 5.69 Å². The number of alkyl halides is 3. The predicted octanol–water partition coefficient (Wildman–Crippen LogP) is 2.08. The Morgan fingerprint density at radius 3 is 2.59 bits per heavy atom. The van der Waals surface area contributed by atoms with E-state index < -0.39 is 35.9 Å². The normalized spacial score (nSPS) is 21.9. The van der Waals surface area contributed by atoms with E-state index in [1.54, 1.807) is 0 Å². The molecule has 0 saturated carbocycles. The molecule has 2 atom stereocenters. The van der Waals surface area contributed by atoms with Gasteiger partial charge in [0.05, 0.1) is 11.5 Å². The Hall–Kier alpha value is -2.36. The minimum absolute atomic E-state index is 0.00850. The van der Waals surface area contributed by atoms with Crippen molar-refractivity contribution in [3.05, 3.63) is 33.9 Å². The van der Waals surface area contributed by atoms with Crippen LogP contribution >= 0.6 is 0 Å². The highest BCUT2D eigenvalue weighted by atomic mass is 19.4. The van der Waals surface area contributed by atoms with Crippen LogP contribution in [0.4, 0.5) is 24.5 Å². The number of rotatable bonds is 3. The number of carboxylic acid groups (broad SMARTS) is 1. The van der Waals surface area contributed by atoms with E-state index in [4.69, 9.17) is 5.11 Å². The van der Waals surface area contributed by atoms with Crippen molar-refractivity contribution in [1.29, 1.82) is 0 Å². The molecular weight excluding hydrogens is 309 g/mol. The molecule has 1 aromatic rings. The van der Waals surface area contributed by atoms with Crippen LogP contribution in [0, 0.1) is 17.0 Å². The molecule has 120 valence electrons. The second-order valence-corrected chi connectivity index (χ2v) is 4.74. The maximum atomic E-state index is 13.0. The fraction of sp³-hybridized carbons (Fsp3) is 0.417. The zero-order chi connectivity index (χ0) is 16.7. The zero-order valence-electron chi connectivity index (χ0n) is 11.2. The van der Waals surface area contributed by atoms with E-state index in [2.05, 4.69) is 4.74 Å². The summed E-state index contributed by atoms with van der Waals surface area (Å²) in [6.45, 7) is 0.882. The molecule has 1 aromatic carbocycles. The van der Waals surface area contributed by atoms with Gasteiger partial charge in [0, 0.05) is 17.3 Å². The number of nitrogens with zero attached hydrogens (tertiary/aromatic N) is 2. The third-order valence-corrected chi connectivity index (χ3v) is 3.20. The molecule has 0 amide bonds. The molecule has 2 rings (SSSR count). The lowest BCUT2D eigenvalue weighted by molar-refractivity contribution is -0.385. The summed E-state index contributed by atoms with van der Waals surface area (Å²) < 4.78 is 43.5. The first-order valence-corrected chi connectivity index (χ1v) is 6.08. The number of carbonyl (C=O) groups is 1. The Morgan fingerprint density at radius 2 is 2.14 bits per heavy atom. The van der Waals surface area contributed by atoms with Crippen molar-refractivity contribution in [2.45, 2.75) is 25.4 Å². The van der Waals surface area contributed by atoms with Gasteiger partial charge in [0.2, 0.25) is 6.23 Å². The van der Waals surface area contributed by atoms with Gasteiger partial charge < -0.3 is 14.7 Å². The van der Waals surface area contributed by atoms with Gasteiger partial charge in [-0.05, 0) is 19.1 Å². The van der Waals surface area contributed by atoms with E-state index in [1.807, 2.05) is 0 Å². The molecule has 7 nitrogen and oxygen atoms in total. The summed E-state index contributed by atoms with van der Waals surface area (Å²) in [6, 6.07) is 3.41. The van der Waals surface area contributed by atoms with E-state index in [0.717, 1.165) is 17.0 Å². The summed E-state index contributed by atoms with van der Waals surface area (Å²) in [6.07, 6.45) is -8.82. The fourth-order valence-electron chi connectivity index (χ4n) is 2.20. The molecule has 0 radical (unpaired) electrons. The molecule has 0 aromatic heterocycles. The number of halogens is 3. The highest BCUT2D eigenvalue weighted by Gasteiger charge is 2.52. The lowest BCUT2D eigenvalue weighted by Crippen LogP contribution is -2.42. The minimum Gasteiger partial charge on any atom is -0.479 e. The number of hydrogen-bond acceptors (Lipinski definition) is 5. The Bertz CT molecular complexity index is 619. The quantitative estimate of drug-likeness (QED) is 0.677. The fourth-order valence-corrected chi connectivity index (χ4v) is 2.20. The number of ether oxygens (including phenoxy) is 1. The van der Waals surface area contributed by atoms with Crippen molar-refractivity contribution < 1.29 is 32.7 Å². The summed E-state index contributed by atoms with van der Waals surface area (Å²) in [5.74, 6) is -1.50. The molecule has 1 fully saturated rings. The van der Waals surface area contributed by atoms with Crippen molar-refractivity contribution in [3.63, 3.8) is 0 Å². The number of nitro benzene ring substituents is 1. The van der Waals surface area contributed by atoms with E-state index in [9.17, 15) is 28.1 Å². The van der Waals surface area contributed by atoms with Crippen LogP contribution in [-0.2, 0) is 9.53 Å². The third-order valence-electron chi connectivity index (χ3n) is 3.20. The van der Waals surface area contributed by atoms with Crippen molar-refractivity contribution in [2.24, 2.45) is 0 Å². The molecule has 1 N–H and O–H groups in total. The average Bonchev–Trinajstić information content (AvgIpc) is 2.83. The number of aliphatic carboxylic acids is 1. The lowest BCUT2D eigenvalue weighted by atomic mass is 10.1. The Labute approximate surface area is 122 Å². The van der Waals surface area contributed by atoms with Crippen LogP contribution < -0.4 is 4.90 Å². The Kier molecular flexibility index (Phi) is 3.96. The summed E-state index contributed by atoms with van der Waals surface area (Å²) in [5, 5.41) is 19.6. The van der Waals surface area contributed by atoms with E-state index in [-0.39, 0.29) is 16.9 Å². The van der Waals surface area contributed by atoms with Gasteiger partial charge in [0.15, 0.2) is 6.10 Å². The minimum atomic E-state index is -4.79. The predicted molar refractivity (Wildman–Crippen MR) is 67.5 cm³/mol. The van der Waals surface area contributed by atoms with Crippen LogP contribution in [-0.4, -0.2) is 41.1 Å². The molecule has 1 aliphatic heterocycles. The zero-order valence-corrected chi connectivity index (χ0v) is 11.2. The number of benzene rings is 1. The molecule has 22 heavy (non-hydrogen) atoms. The van der Waals surface area contributed by atoms with Crippen LogP contribution in [0.15, 0.2) is 18.2 Å². The number of nitro groups is 1. The number of carboxylic acids is 1. The van der Waals surface area contributed by atoms with E-state index in [1.165, 1.54) is 13.0 Å². The maximum absolute atomic E-state index is 13.0.